The van der Waals surface area contributed by atoms with Crippen molar-refractivity contribution in [2.75, 3.05) is 7.11 Å². The molecule has 0 aliphatic heterocycles. The summed E-state index contributed by atoms with van der Waals surface area (Å²) < 4.78 is 0. The van der Waals surface area contributed by atoms with E-state index < -0.39 is 0 Å². The quantitative estimate of drug-likeness (QED) is 0.612. The third-order valence-electron chi connectivity index (χ3n) is 0. The van der Waals surface area contributed by atoms with Crippen molar-refractivity contribution in [2.24, 2.45) is 0 Å². The number of aliphatic hydroxyl groups excluding tert-OH is 2. The molecule has 40 valence electrons. The molecule has 0 unspecified atom stereocenters. The van der Waals surface area contributed by atoms with E-state index in [1.165, 1.54) is 0 Å². The van der Waals surface area contributed by atoms with E-state index in [0.717, 1.165) is 7.11 Å². The summed E-state index contributed by atoms with van der Waals surface area (Å²) in [5.74, 6) is 0. The molecule has 6 heavy (non-hydrogen) atoms. The van der Waals surface area contributed by atoms with Crippen molar-refractivity contribution >= 4 is 0 Å². The molecule has 0 aromatic heterocycles. The van der Waals surface area contributed by atoms with Gasteiger partial charge in [-0.05, 0) is 0 Å². The van der Waals surface area contributed by atoms with E-state index in [4.69, 9.17) is 10.2 Å². The molecule has 0 saturated carbocycles. The van der Waals surface area contributed by atoms with Gasteiger partial charge in [-0.1, -0.05) is 0 Å². The maximum absolute atomic E-state index is 7.00. The fourth-order valence-corrected chi connectivity index (χ4v) is 0. The Labute approximate surface area is 53.5 Å². The zero-order valence-electron chi connectivity index (χ0n) is 4.01. The molecule has 0 aliphatic carbocycles. The molecule has 0 bridgehead atoms. The molecule has 2 N–H and O–H groups in total. The first-order chi connectivity index (χ1) is 2.00. The van der Waals surface area contributed by atoms with Gasteiger partial charge in [0.1, 0.15) is 0 Å². The fraction of sp³-hybridized carbons (Fsp3) is 0.333. The minimum Gasteiger partial charge on any atom is -0.569 e. The first-order valence-corrected chi connectivity index (χ1v) is 0.763. The number of hydrogen-bond acceptors (Lipinski definition) is 2. The Bertz CT molecular complexity index is 8.75. The van der Waals surface area contributed by atoms with Gasteiger partial charge in [-0.2, -0.15) is 0 Å². The minimum absolute atomic E-state index is 0. The van der Waals surface area contributed by atoms with E-state index in [9.17, 15) is 0 Å². The standard InChI is InChI=1S/CH4O.CH3O.CH3.W/c2*1-2;;/h2H,1H3;2H,1H2;1H3;/q;2*-1;+2. The molecule has 0 radical (unpaired) electrons. The van der Waals surface area contributed by atoms with Crippen LogP contribution in [0.1, 0.15) is 0 Å². The second-order valence-electron chi connectivity index (χ2n) is 0. The predicted molar refractivity (Wildman–Crippen MR) is 21.8 cm³/mol. The number of rotatable bonds is 0. The smallest absolute Gasteiger partial charge is 0.569 e. The molecule has 3 heteroatoms. The van der Waals surface area contributed by atoms with Gasteiger partial charge in [0.05, 0.1) is 0 Å². The van der Waals surface area contributed by atoms with Crippen LogP contribution in [-0.2, 0) is 21.1 Å². The van der Waals surface area contributed by atoms with E-state index >= 15 is 0 Å². The van der Waals surface area contributed by atoms with Crippen LogP contribution in [-0.4, -0.2) is 17.3 Å². The summed E-state index contributed by atoms with van der Waals surface area (Å²) in [6, 6.07) is 0. The van der Waals surface area contributed by atoms with Gasteiger partial charge >= 0.3 is 21.1 Å². The van der Waals surface area contributed by atoms with Gasteiger partial charge in [0.15, 0.2) is 0 Å². The van der Waals surface area contributed by atoms with E-state index in [1.54, 1.807) is 0 Å². The zero-order valence-corrected chi connectivity index (χ0v) is 6.94. The topological polar surface area (TPSA) is 40.5 Å². The molecular formula is C3H10O2W. The molecule has 0 saturated heterocycles. The fourth-order valence-electron chi connectivity index (χ4n) is 0. The van der Waals surface area contributed by atoms with Crippen LogP contribution in [0.4, 0.5) is 0 Å². The molecular weight excluding hydrogens is 252 g/mol. The maximum Gasteiger partial charge on any atom is 2.00 e. The van der Waals surface area contributed by atoms with Crippen molar-refractivity contribution in [2.45, 2.75) is 0 Å². The number of aliphatic hydroxyl groups is 2. The summed E-state index contributed by atoms with van der Waals surface area (Å²) in [4.78, 5) is 0. The first kappa shape index (κ1) is 30.6. The molecule has 0 rings (SSSR count). The maximum atomic E-state index is 7.00. The van der Waals surface area contributed by atoms with E-state index in [2.05, 4.69) is 7.11 Å². The molecule has 0 aromatic carbocycles. The Morgan fingerprint density at radius 2 is 1.17 bits per heavy atom. The van der Waals surface area contributed by atoms with Crippen LogP contribution in [0.2, 0.25) is 0 Å². The summed E-state index contributed by atoms with van der Waals surface area (Å²) >= 11 is 0. The van der Waals surface area contributed by atoms with E-state index in [0.29, 0.717) is 0 Å². The normalized spacial score (nSPS) is 2.00. The Balaban J connectivity index is -0.00000000500. The Morgan fingerprint density at radius 1 is 1.17 bits per heavy atom. The second-order valence-corrected chi connectivity index (χ2v) is 0. The van der Waals surface area contributed by atoms with Gasteiger partial charge in [0.2, 0.25) is 0 Å². The third-order valence-corrected chi connectivity index (χ3v) is 0. The molecule has 0 amide bonds. The van der Waals surface area contributed by atoms with Gasteiger partial charge in [0, 0.05) is 7.11 Å². The van der Waals surface area contributed by atoms with Crippen LogP contribution in [0.3, 0.4) is 0 Å². The van der Waals surface area contributed by atoms with Crippen molar-refractivity contribution in [1.29, 1.82) is 0 Å². The summed E-state index contributed by atoms with van der Waals surface area (Å²) in [6.07, 6.45) is 0. The number of hydrogen-bond donors (Lipinski definition) is 2. The van der Waals surface area contributed by atoms with Crippen LogP contribution in [0, 0.1) is 14.5 Å². The Morgan fingerprint density at radius 3 is 1.17 bits per heavy atom. The largest absolute Gasteiger partial charge is 2.00 e. The molecule has 0 aliphatic rings. The van der Waals surface area contributed by atoms with Crippen molar-refractivity contribution in [3.05, 3.63) is 14.5 Å². The van der Waals surface area contributed by atoms with Gasteiger partial charge in [-0.25, -0.2) is 7.11 Å². The molecule has 0 heterocycles. The van der Waals surface area contributed by atoms with Gasteiger partial charge in [0.25, 0.3) is 0 Å². The minimum atomic E-state index is 0. The SMILES string of the molecule is CO.[CH2-]O.[CH3-].[W+2]. The van der Waals surface area contributed by atoms with E-state index in [1.807, 2.05) is 0 Å². The Kier molecular flexibility index (Phi) is 1640. The summed E-state index contributed by atoms with van der Waals surface area (Å²) in [5, 5.41) is 13.8. The van der Waals surface area contributed by atoms with Crippen LogP contribution < -0.4 is 0 Å². The van der Waals surface area contributed by atoms with Gasteiger partial charge < -0.3 is 17.6 Å². The average Bonchev–Trinajstić information content (AvgIpc) is 1.50. The van der Waals surface area contributed by atoms with Crippen molar-refractivity contribution in [3.8, 4) is 0 Å². The predicted octanol–water partition coefficient (Wildman–Crippen LogP) is 0.207. The summed E-state index contributed by atoms with van der Waals surface area (Å²) in [5.41, 5.74) is 0. The first-order valence-electron chi connectivity index (χ1n) is 0.763. The van der Waals surface area contributed by atoms with Crippen molar-refractivity contribution < 1.29 is 31.3 Å². The van der Waals surface area contributed by atoms with Gasteiger partial charge in [-0.3, -0.25) is 0 Å². The third kappa shape index (κ3) is 162. The summed E-state index contributed by atoms with van der Waals surface area (Å²) in [7, 11) is 3.25. The van der Waals surface area contributed by atoms with Crippen LogP contribution in [0.5, 0.6) is 0 Å². The zero-order chi connectivity index (χ0) is 4.00. The molecule has 0 fully saturated rings. The van der Waals surface area contributed by atoms with Crippen LogP contribution >= 0.6 is 0 Å². The molecule has 2 nitrogen and oxygen atoms in total. The molecule has 0 spiro atoms. The monoisotopic (exact) mass is 262 g/mol. The van der Waals surface area contributed by atoms with Crippen molar-refractivity contribution in [3.63, 3.8) is 0 Å². The second kappa shape index (κ2) is 322. The molecule has 0 atom stereocenters. The summed E-state index contributed by atoms with van der Waals surface area (Å²) in [6.45, 7) is 0. The van der Waals surface area contributed by atoms with Crippen LogP contribution in [0.25, 0.3) is 0 Å². The van der Waals surface area contributed by atoms with E-state index in [-0.39, 0.29) is 28.5 Å². The van der Waals surface area contributed by atoms with Gasteiger partial charge in [-0.15, -0.1) is 0 Å². The Hall–Kier alpha value is 0.608. The van der Waals surface area contributed by atoms with Crippen LogP contribution in [0.15, 0.2) is 0 Å². The molecule has 0 aromatic rings. The van der Waals surface area contributed by atoms with Crippen molar-refractivity contribution in [1.82, 2.24) is 0 Å². The average molecular weight is 262 g/mol.